The fourth-order valence-electron chi connectivity index (χ4n) is 4.47. The molecule has 5 N–H and O–H groups in total. The van der Waals surface area contributed by atoms with E-state index < -0.39 is 35.8 Å². The van der Waals surface area contributed by atoms with Gasteiger partial charge < -0.3 is 31.1 Å². The Bertz CT molecular complexity index is 1070. The van der Waals surface area contributed by atoms with Crippen molar-refractivity contribution in [3.05, 3.63) is 71.8 Å². The van der Waals surface area contributed by atoms with E-state index in [1.165, 1.54) is 0 Å². The smallest absolute Gasteiger partial charge is 0.407 e. The van der Waals surface area contributed by atoms with E-state index in [0.717, 1.165) is 11.1 Å². The zero-order valence-electron chi connectivity index (χ0n) is 25.3. The van der Waals surface area contributed by atoms with Crippen LogP contribution in [0.3, 0.4) is 0 Å². The van der Waals surface area contributed by atoms with Crippen LogP contribution in [0.4, 0.5) is 4.79 Å². The molecule has 0 aliphatic carbocycles. The standard InChI is InChI=1S/C32H48N4O5/c1-22(2)28(30(39)34-18-17-33-6)36-29(38)25(19-23-13-9-7-10-14-23)21-27(37)26(20-24-15-11-8-12-16-24)35-31(40)41-32(3,4)5/h7-16,22,25-28,33,37H,17-21H2,1-6H3,(H,34,39)(H,35,40)(H,36,38)/t25-,26+,27+,28+/m1/s1. The second-order valence-corrected chi connectivity index (χ2v) is 11.8. The first kappa shape index (κ1) is 33.8. The fourth-order valence-corrected chi connectivity index (χ4v) is 4.47. The van der Waals surface area contributed by atoms with Gasteiger partial charge in [-0.2, -0.15) is 0 Å². The third-order valence-corrected chi connectivity index (χ3v) is 6.61. The molecular weight excluding hydrogens is 520 g/mol. The van der Waals surface area contributed by atoms with Gasteiger partial charge >= 0.3 is 6.09 Å². The molecule has 9 nitrogen and oxygen atoms in total. The molecule has 4 atom stereocenters. The van der Waals surface area contributed by atoms with Gasteiger partial charge in [0.1, 0.15) is 11.6 Å². The summed E-state index contributed by atoms with van der Waals surface area (Å²) >= 11 is 0. The molecule has 0 radical (unpaired) electrons. The molecule has 0 saturated heterocycles. The average Bonchev–Trinajstić information content (AvgIpc) is 2.90. The summed E-state index contributed by atoms with van der Waals surface area (Å²) in [4.78, 5) is 39.3. The summed E-state index contributed by atoms with van der Waals surface area (Å²) < 4.78 is 5.46. The number of hydrogen-bond donors (Lipinski definition) is 5. The first-order chi connectivity index (χ1) is 19.4. The van der Waals surface area contributed by atoms with E-state index in [4.69, 9.17) is 4.74 Å². The summed E-state index contributed by atoms with van der Waals surface area (Å²) in [5.74, 6) is -1.38. The monoisotopic (exact) mass is 568 g/mol. The second-order valence-electron chi connectivity index (χ2n) is 11.8. The number of aliphatic hydroxyl groups excluding tert-OH is 1. The molecule has 0 aromatic heterocycles. The molecule has 9 heteroatoms. The van der Waals surface area contributed by atoms with Crippen LogP contribution in [0, 0.1) is 11.8 Å². The summed E-state index contributed by atoms with van der Waals surface area (Å²) in [6, 6.07) is 17.7. The molecule has 2 rings (SSSR count). The number of carbonyl (C=O) groups is 3. The molecule has 0 spiro atoms. The Balaban J connectivity index is 2.28. The Kier molecular flexibility index (Phi) is 13.8. The molecule has 0 heterocycles. The van der Waals surface area contributed by atoms with Crippen molar-refractivity contribution in [3.63, 3.8) is 0 Å². The highest BCUT2D eigenvalue weighted by atomic mass is 16.6. The highest BCUT2D eigenvalue weighted by Crippen LogP contribution is 2.20. The Morgan fingerprint density at radius 3 is 1.90 bits per heavy atom. The molecule has 2 aromatic carbocycles. The Morgan fingerprint density at radius 2 is 1.39 bits per heavy atom. The van der Waals surface area contributed by atoms with Crippen LogP contribution in [0.1, 0.15) is 52.2 Å². The lowest BCUT2D eigenvalue weighted by atomic mass is 9.88. The molecule has 0 saturated carbocycles. The van der Waals surface area contributed by atoms with Crippen molar-refractivity contribution >= 4 is 17.9 Å². The second kappa shape index (κ2) is 16.7. The van der Waals surface area contributed by atoms with Crippen LogP contribution in [0.15, 0.2) is 60.7 Å². The summed E-state index contributed by atoms with van der Waals surface area (Å²) in [5, 5.41) is 23.1. The van der Waals surface area contributed by atoms with Crippen LogP contribution >= 0.6 is 0 Å². The number of amides is 3. The number of rotatable bonds is 15. The van der Waals surface area contributed by atoms with Gasteiger partial charge in [0, 0.05) is 19.0 Å². The molecule has 226 valence electrons. The Morgan fingerprint density at radius 1 is 0.829 bits per heavy atom. The number of benzene rings is 2. The van der Waals surface area contributed by atoms with Crippen molar-refractivity contribution in [2.24, 2.45) is 11.8 Å². The van der Waals surface area contributed by atoms with Crippen molar-refractivity contribution in [1.82, 2.24) is 21.3 Å². The number of alkyl carbamates (subject to hydrolysis) is 1. The highest BCUT2D eigenvalue weighted by molar-refractivity contribution is 5.88. The molecular formula is C32H48N4O5. The topological polar surface area (TPSA) is 129 Å². The third-order valence-electron chi connectivity index (χ3n) is 6.61. The predicted molar refractivity (Wildman–Crippen MR) is 161 cm³/mol. The largest absolute Gasteiger partial charge is 0.444 e. The zero-order chi connectivity index (χ0) is 30.4. The number of nitrogens with one attached hydrogen (secondary N) is 4. The highest BCUT2D eigenvalue weighted by Gasteiger charge is 2.32. The summed E-state index contributed by atoms with van der Waals surface area (Å²) in [6.07, 6.45) is -0.923. The molecule has 2 aromatic rings. The minimum absolute atomic E-state index is 0.0697. The van der Waals surface area contributed by atoms with Gasteiger partial charge in [-0.15, -0.1) is 0 Å². The van der Waals surface area contributed by atoms with Crippen molar-refractivity contribution in [1.29, 1.82) is 0 Å². The van der Waals surface area contributed by atoms with Crippen molar-refractivity contribution in [2.45, 2.75) is 77.7 Å². The first-order valence-corrected chi connectivity index (χ1v) is 14.4. The number of likely N-dealkylation sites (N-methyl/N-ethyl adjacent to an activating group) is 1. The van der Waals surface area contributed by atoms with E-state index >= 15 is 0 Å². The molecule has 0 aliphatic heterocycles. The van der Waals surface area contributed by atoms with Gasteiger partial charge in [-0.05, 0) is 64.1 Å². The van der Waals surface area contributed by atoms with E-state index in [9.17, 15) is 19.5 Å². The molecule has 0 bridgehead atoms. The maximum absolute atomic E-state index is 13.7. The van der Waals surface area contributed by atoms with Crippen molar-refractivity contribution in [3.8, 4) is 0 Å². The van der Waals surface area contributed by atoms with Gasteiger partial charge in [0.2, 0.25) is 11.8 Å². The van der Waals surface area contributed by atoms with Crippen LogP contribution in [0.2, 0.25) is 0 Å². The van der Waals surface area contributed by atoms with Gasteiger partial charge in [-0.25, -0.2) is 4.79 Å². The van der Waals surface area contributed by atoms with Gasteiger partial charge in [0.15, 0.2) is 0 Å². The van der Waals surface area contributed by atoms with Crippen LogP contribution in [0.25, 0.3) is 0 Å². The van der Waals surface area contributed by atoms with E-state index in [1.54, 1.807) is 27.8 Å². The first-order valence-electron chi connectivity index (χ1n) is 14.4. The number of hydrogen-bond acceptors (Lipinski definition) is 6. The molecule has 3 amide bonds. The molecule has 41 heavy (non-hydrogen) atoms. The van der Waals surface area contributed by atoms with Crippen molar-refractivity contribution < 1.29 is 24.2 Å². The lowest BCUT2D eigenvalue weighted by Gasteiger charge is -2.30. The minimum atomic E-state index is -1.07. The lowest BCUT2D eigenvalue weighted by Crippen LogP contribution is -2.53. The van der Waals surface area contributed by atoms with Gasteiger partial charge in [0.05, 0.1) is 12.1 Å². The number of ether oxygens (including phenoxy) is 1. The summed E-state index contributed by atoms with van der Waals surface area (Å²) in [5.41, 5.74) is 1.15. The fraction of sp³-hybridized carbons (Fsp3) is 0.531. The molecule has 0 fully saturated rings. The number of carbonyl (C=O) groups excluding carboxylic acids is 3. The Labute approximate surface area is 244 Å². The van der Waals surface area contributed by atoms with E-state index in [1.807, 2.05) is 74.5 Å². The Hall–Kier alpha value is -3.43. The van der Waals surface area contributed by atoms with Crippen LogP contribution in [-0.2, 0) is 27.2 Å². The molecule has 0 unspecified atom stereocenters. The summed E-state index contributed by atoms with van der Waals surface area (Å²) in [7, 11) is 1.80. The molecule has 0 aliphatic rings. The van der Waals surface area contributed by atoms with E-state index in [-0.39, 0.29) is 24.2 Å². The minimum Gasteiger partial charge on any atom is -0.444 e. The predicted octanol–water partition coefficient (Wildman–Crippen LogP) is 3.21. The quantitative estimate of drug-likeness (QED) is 0.210. The number of aliphatic hydroxyl groups is 1. The van der Waals surface area contributed by atoms with Crippen LogP contribution in [-0.4, -0.2) is 66.9 Å². The van der Waals surface area contributed by atoms with Crippen LogP contribution < -0.4 is 21.3 Å². The van der Waals surface area contributed by atoms with Gasteiger partial charge in [-0.3, -0.25) is 9.59 Å². The average molecular weight is 569 g/mol. The van der Waals surface area contributed by atoms with Gasteiger partial charge in [-0.1, -0.05) is 74.5 Å². The van der Waals surface area contributed by atoms with E-state index in [2.05, 4.69) is 21.3 Å². The maximum Gasteiger partial charge on any atom is 0.407 e. The normalized spacial score (nSPS) is 14.4. The lowest BCUT2D eigenvalue weighted by molar-refractivity contribution is -0.132. The van der Waals surface area contributed by atoms with Crippen LogP contribution in [0.5, 0.6) is 0 Å². The summed E-state index contributed by atoms with van der Waals surface area (Å²) in [6.45, 7) is 10.1. The zero-order valence-corrected chi connectivity index (χ0v) is 25.3. The van der Waals surface area contributed by atoms with E-state index in [0.29, 0.717) is 25.9 Å². The SMILES string of the molecule is CNCCNC(=O)[C@@H](NC(=O)[C@H](Cc1ccccc1)C[C@H](O)[C@H](Cc1ccccc1)NC(=O)OC(C)(C)C)C(C)C. The van der Waals surface area contributed by atoms with Crippen molar-refractivity contribution in [2.75, 3.05) is 20.1 Å². The maximum atomic E-state index is 13.7. The third kappa shape index (κ3) is 12.7. The van der Waals surface area contributed by atoms with Gasteiger partial charge in [0.25, 0.3) is 0 Å².